The SMILES string of the molecule is Cc1noc(C)c1S(=O)(=O)N1CCC(C(=O)N(Cc2ccco2)CC(F)(F)F)CC1. The molecule has 30 heavy (non-hydrogen) atoms. The van der Waals surface area contributed by atoms with Gasteiger partial charge in [0.05, 0.1) is 12.8 Å². The molecule has 0 aliphatic carbocycles. The summed E-state index contributed by atoms with van der Waals surface area (Å²) in [6, 6.07) is 3.03. The van der Waals surface area contributed by atoms with Crippen LogP contribution in [0, 0.1) is 19.8 Å². The van der Waals surface area contributed by atoms with Gasteiger partial charge in [-0.05, 0) is 38.8 Å². The minimum Gasteiger partial charge on any atom is -0.467 e. The van der Waals surface area contributed by atoms with Crippen molar-refractivity contribution in [3.8, 4) is 0 Å². The number of hydrogen-bond acceptors (Lipinski definition) is 6. The van der Waals surface area contributed by atoms with E-state index in [1.54, 1.807) is 0 Å². The van der Waals surface area contributed by atoms with Crippen LogP contribution in [0.3, 0.4) is 0 Å². The van der Waals surface area contributed by atoms with Crippen LogP contribution in [0.5, 0.6) is 0 Å². The highest BCUT2D eigenvalue weighted by Gasteiger charge is 2.39. The van der Waals surface area contributed by atoms with Crippen LogP contribution in [-0.2, 0) is 21.4 Å². The normalized spacial score (nSPS) is 16.7. The Kier molecular flexibility index (Phi) is 6.27. The molecule has 0 bridgehead atoms. The summed E-state index contributed by atoms with van der Waals surface area (Å²) in [4.78, 5) is 13.5. The molecule has 1 saturated heterocycles. The lowest BCUT2D eigenvalue weighted by Crippen LogP contribution is -2.46. The average Bonchev–Trinajstić information content (AvgIpc) is 3.29. The van der Waals surface area contributed by atoms with Crippen LogP contribution in [0.2, 0.25) is 0 Å². The highest BCUT2D eigenvalue weighted by molar-refractivity contribution is 7.89. The van der Waals surface area contributed by atoms with E-state index in [0.717, 1.165) is 0 Å². The van der Waals surface area contributed by atoms with Gasteiger partial charge in [-0.1, -0.05) is 5.16 Å². The number of alkyl halides is 3. The standard InChI is InChI=1S/C18H22F3N3O5S/c1-12-16(13(2)29-22-12)30(26,27)24-7-5-14(6-8-24)17(25)23(11-18(19,20)21)10-15-4-3-9-28-15/h3-4,9,14H,5-8,10-11H2,1-2H3. The summed E-state index contributed by atoms with van der Waals surface area (Å²) in [5.41, 5.74) is 0.237. The molecule has 0 N–H and O–H groups in total. The van der Waals surface area contributed by atoms with E-state index in [4.69, 9.17) is 8.94 Å². The first-order valence-electron chi connectivity index (χ1n) is 9.30. The molecule has 3 heterocycles. The second kappa shape index (κ2) is 8.42. The molecular formula is C18H22F3N3O5S. The maximum atomic E-state index is 13.0. The number of sulfonamides is 1. The van der Waals surface area contributed by atoms with Crippen molar-refractivity contribution in [1.29, 1.82) is 0 Å². The van der Waals surface area contributed by atoms with Gasteiger partial charge in [-0.25, -0.2) is 8.42 Å². The predicted octanol–water partition coefficient (Wildman–Crippen LogP) is 2.88. The third-order valence-electron chi connectivity index (χ3n) is 4.98. The van der Waals surface area contributed by atoms with Gasteiger partial charge < -0.3 is 13.8 Å². The molecule has 1 fully saturated rings. The minimum atomic E-state index is -4.56. The molecule has 3 rings (SSSR count). The molecular weight excluding hydrogens is 427 g/mol. The van der Waals surface area contributed by atoms with E-state index < -0.39 is 34.6 Å². The number of piperidine rings is 1. The Labute approximate surface area is 171 Å². The van der Waals surface area contributed by atoms with Crippen molar-refractivity contribution in [3.63, 3.8) is 0 Å². The second-order valence-electron chi connectivity index (χ2n) is 7.22. The first-order chi connectivity index (χ1) is 14.0. The summed E-state index contributed by atoms with van der Waals surface area (Å²) < 4.78 is 75.9. The van der Waals surface area contributed by atoms with E-state index in [0.29, 0.717) is 4.90 Å². The molecule has 0 aromatic carbocycles. The quantitative estimate of drug-likeness (QED) is 0.673. The minimum absolute atomic E-state index is 0.0104. The van der Waals surface area contributed by atoms with Crippen molar-refractivity contribution in [2.75, 3.05) is 19.6 Å². The summed E-state index contributed by atoms with van der Waals surface area (Å²) in [6.45, 7) is 1.34. The van der Waals surface area contributed by atoms with E-state index in [1.807, 2.05) is 0 Å². The molecule has 1 amide bonds. The fourth-order valence-electron chi connectivity index (χ4n) is 3.59. The third kappa shape index (κ3) is 4.86. The van der Waals surface area contributed by atoms with Crippen molar-refractivity contribution < 1.29 is 35.3 Å². The van der Waals surface area contributed by atoms with Crippen LogP contribution in [0.4, 0.5) is 13.2 Å². The van der Waals surface area contributed by atoms with Gasteiger partial charge in [0.2, 0.25) is 15.9 Å². The van der Waals surface area contributed by atoms with Gasteiger partial charge in [0, 0.05) is 19.0 Å². The number of aryl methyl sites for hydroxylation is 2. The molecule has 0 radical (unpaired) electrons. The lowest BCUT2D eigenvalue weighted by Gasteiger charge is -2.33. The molecule has 166 valence electrons. The number of carbonyl (C=O) groups excluding carboxylic acids is 1. The van der Waals surface area contributed by atoms with E-state index in [9.17, 15) is 26.4 Å². The summed E-state index contributed by atoms with van der Waals surface area (Å²) >= 11 is 0. The zero-order valence-corrected chi connectivity index (χ0v) is 17.3. The van der Waals surface area contributed by atoms with Crippen LogP contribution < -0.4 is 0 Å². The van der Waals surface area contributed by atoms with Gasteiger partial charge in [0.25, 0.3) is 0 Å². The largest absolute Gasteiger partial charge is 0.467 e. The lowest BCUT2D eigenvalue weighted by atomic mass is 9.96. The first kappa shape index (κ1) is 22.3. The van der Waals surface area contributed by atoms with Gasteiger partial charge in [-0.3, -0.25) is 4.79 Å². The molecule has 0 unspecified atom stereocenters. The summed E-state index contributed by atoms with van der Waals surface area (Å²) in [7, 11) is -3.86. The van der Waals surface area contributed by atoms with E-state index >= 15 is 0 Å². The number of halogens is 3. The first-order valence-corrected chi connectivity index (χ1v) is 10.7. The van der Waals surface area contributed by atoms with Crippen molar-refractivity contribution in [1.82, 2.24) is 14.4 Å². The highest BCUT2D eigenvalue weighted by atomic mass is 32.2. The average molecular weight is 449 g/mol. The number of rotatable bonds is 6. The van der Waals surface area contributed by atoms with Gasteiger partial charge in [-0.2, -0.15) is 17.5 Å². The maximum absolute atomic E-state index is 13.0. The topological polar surface area (TPSA) is 96.9 Å². The van der Waals surface area contributed by atoms with E-state index in [2.05, 4.69) is 5.16 Å². The van der Waals surface area contributed by atoms with Gasteiger partial charge in [0.1, 0.15) is 22.9 Å². The Bertz CT molecular complexity index is 958. The maximum Gasteiger partial charge on any atom is 0.406 e. The zero-order valence-electron chi connectivity index (χ0n) is 16.5. The number of aromatic nitrogens is 1. The molecule has 1 aliphatic rings. The zero-order chi connectivity index (χ0) is 22.1. The van der Waals surface area contributed by atoms with Crippen molar-refractivity contribution in [2.24, 2.45) is 5.92 Å². The van der Waals surface area contributed by atoms with Crippen LogP contribution in [0.15, 0.2) is 32.2 Å². The molecule has 2 aromatic rings. The summed E-state index contributed by atoms with van der Waals surface area (Å²) in [5, 5.41) is 3.66. The summed E-state index contributed by atoms with van der Waals surface area (Å²) in [5.74, 6) is -0.969. The number of furan rings is 1. The smallest absolute Gasteiger partial charge is 0.406 e. The molecule has 8 nitrogen and oxygen atoms in total. The van der Waals surface area contributed by atoms with Gasteiger partial charge >= 0.3 is 6.18 Å². The molecule has 2 aromatic heterocycles. The number of hydrogen-bond donors (Lipinski definition) is 0. The van der Waals surface area contributed by atoms with Crippen LogP contribution in [0.25, 0.3) is 0 Å². The summed E-state index contributed by atoms with van der Waals surface area (Å²) in [6.07, 6.45) is -3.00. The van der Waals surface area contributed by atoms with E-state index in [-0.39, 0.29) is 54.6 Å². The number of amides is 1. The van der Waals surface area contributed by atoms with Crippen molar-refractivity contribution >= 4 is 15.9 Å². The Morgan fingerprint density at radius 3 is 2.47 bits per heavy atom. The van der Waals surface area contributed by atoms with E-state index in [1.165, 1.54) is 36.5 Å². The lowest BCUT2D eigenvalue weighted by molar-refractivity contribution is -0.166. The third-order valence-corrected chi connectivity index (χ3v) is 7.12. The Hall–Kier alpha value is -2.34. The molecule has 0 spiro atoms. The van der Waals surface area contributed by atoms with Crippen molar-refractivity contribution in [3.05, 3.63) is 35.6 Å². The Balaban J connectivity index is 1.70. The Morgan fingerprint density at radius 2 is 1.97 bits per heavy atom. The number of nitrogens with zero attached hydrogens (tertiary/aromatic N) is 3. The fraction of sp³-hybridized carbons (Fsp3) is 0.556. The second-order valence-corrected chi connectivity index (χ2v) is 9.10. The Morgan fingerprint density at radius 1 is 1.30 bits per heavy atom. The molecule has 0 saturated carbocycles. The number of carbonyl (C=O) groups is 1. The van der Waals surface area contributed by atoms with Crippen LogP contribution in [0.1, 0.15) is 30.1 Å². The molecule has 12 heteroatoms. The molecule has 1 aliphatic heterocycles. The predicted molar refractivity (Wildman–Crippen MR) is 97.6 cm³/mol. The van der Waals surface area contributed by atoms with Gasteiger partial charge in [0.15, 0.2) is 5.76 Å². The monoisotopic (exact) mass is 449 g/mol. The fourth-order valence-corrected chi connectivity index (χ4v) is 5.35. The van der Waals surface area contributed by atoms with Crippen molar-refractivity contribution in [2.45, 2.75) is 44.3 Å². The van der Waals surface area contributed by atoms with Gasteiger partial charge in [-0.15, -0.1) is 0 Å². The molecule has 0 atom stereocenters. The van der Waals surface area contributed by atoms with Crippen LogP contribution >= 0.6 is 0 Å². The highest BCUT2D eigenvalue weighted by Crippen LogP contribution is 2.29. The van der Waals surface area contributed by atoms with Crippen LogP contribution in [-0.4, -0.2) is 54.5 Å².